The van der Waals surface area contributed by atoms with Gasteiger partial charge in [-0.05, 0) is 6.42 Å². The number of rotatable bonds is 0. The van der Waals surface area contributed by atoms with Gasteiger partial charge < -0.3 is 10.6 Å². The summed E-state index contributed by atoms with van der Waals surface area (Å²) in [5.74, 6) is -0.0792. The number of carbonyl (C=O) groups is 2. The van der Waals surface area contributed by atoms with Crippen molar-refractivity contribution >= 4 is 11.8 Å². The van der Waals surface area contributed by atoms with Crippen LogP contribution in [-0.2, 0) is 9.59 Å². The summed E-state index contributed by atoms with van der Waals surface area (Å²) in [5.41, 5.74) is 0. The van der Waals surface area contributed by atoms with Gasteiger partial charge >= 0.3 is 0 Å². The maximum Gasteiger partial charge on any atom is 0.225 e. The van der Waals surface area contributed by atoms with Crippen molar-refractivity contribution in [2.24, 2.45) is 11.8 Å². The highest BCUT2D eigenvalue weighted by Gasteiger charge is 2.41. The van der Waals surface area contributed by atoms with E-state index < -0.39 is 0 Å². The Hall–Kier alpha value is -1.06. The minimum atomic E-state index is -0.101. The molecule has 2 fully saturated rings. The standard InChI is InChI=1S/C7H10N2O2/c10-6-4-1-2-8-7(11)5(4)3-9-6/h4-5H,1-3H2,(H,8,11)(H,9,10)/t4-,5-/m0/s1. The van der Waals surface area contributed by atoms with Crippen molar-refractivity contribution < 1.29 is 9.59 Å². The van der Waals surface area contributed by atoms with Gasteiger partial charge in [0.1, 0.15) is 0 Å². The number of nitrogens with one attached hydrogen (secondary N) is 2. The van der Waals surface area contributed by atoms with Crippen molar-refractivity contribution in [2.75, 3.05) is 13.1 Å². The van der Waals surface area contributed by atoms with E-state index in [2.05, 4.69) is 10.6 Å². The topological polar surface area (TPSA) is 58.2 Å². The fraction of sp³-hybridized carbons (Fsp3) is 0.714. The zero-order chi connectivity index (χ0) is 7.84. The molecule has 2 rings (SSSR count). The van der Waals surface area contributed by atoms with Crippen LogP contribution < -0.4 is 10.6 Å². The van der Waals surface area contributed by atoms with Gasteiger partial charge in [0.25, 0.3) is 0 Å². The van der Waals surface area contributed by atoms with Gasteiger partial charge in [0.2, 0.25) is 11.8 Å². The highest BCUT2D eigenvalue weighted by atomic mass is 16.2. The average Bonchev–Trinajstić information content (AvgIpc) is 2.35. The van der Waals surface area contributed by atoms with E-state index in [9.17, 15) is 9.59 Å². The quantitative estimate of drug-likeness (QED) is 0.464. The van der Waals surface area contributed by atoms with Gasteiger partial charge in [0.05, 0.1) is 11.8 Å². The Balaban J connectivity index is 2.19. The van der Waals surface area contributed by atoms with Crippen molar-refractivity contribution in [2.45, 2.75) is 6.42 Å². The van der Waals surface area contributed by atoms with Gasteiger partial charge in [-0.15, -0.1) is 0 Å². The number of hydrogen-bond donors (Lipinski definition) is 2. The molecular formula is C7H10N2O2. The first-order chi connectivity index (χ1) is 5.29. The van der Waals surface area contributed by atoms with Crippen LogP contribution >= 0.6 is 0 Å². The van der Waals surface area contributed by atoms with E-state index in [1.807, 2.05) is 0 Å². The highest BCUT2D eigenvalue weighted by molar-refractivity contribution is 5.92. The van der Waals surface area contributed by atoms with Gasteiger partial charge in [0.15, 0.2) is 0 Å². The largest absolute Gasteiger partial charge is 0.356 e. The number of carbonyl (C=O) groups excluding carboxylic acids is 2. The Morgan fingerprint density at radius 2 is 1.82 bits per heavy atom. The molecule has 2 N–H and O–H groups in total. The fourth-order valence-electron chi connectivity index (χ4n) is 1.76. The molecule has 4 nitrogen and oxygen atoms in total. The summed E-state index contributed by atoms with van der Waals surface area (Å²) < 4.78 is 0. The minimum Gasteiger partial charge on any atom is -0.356 e. The summed E-state index contributed by atoms with van der Waals surface area (Å²) in [7, 11) is 0. The molecule has 0 unspecified atom stereocenters. The molecule has 0 spiro atoms. The minimum absolute atomic E-state index is 0.0274. The molecule has 2 heterocycles. The third kappa shape index (κ3) is 0.895. The summed E-state index contributed by atoms with van der Waals surface area (Å²) in [6, 6.07) is 0. The molecular weight excluding hydrogens is 144 g/mol. The molecule has 0 aliphatic carbocycles. The van der Waals surface area contributed by atoms with Crippen LogP contribution in [0.4, 0.5) is 0 Å². The lowest BCUT2D eigenvalue weighted by atomic mass is 9.89. The molecule has 2 amide bonds. The van der Waals surface area contributed by atoms with Crippen LogP contribution in [0.25, 0.3) is 0 Å². The fourth-order valence-corrected chi connectivity index (χ4v) is 1.76. The molecule has 0 saturated carbocycles. The maximum atomic E-state index is 11.1. The van der Waals surface area contributed by atoms with Crippen LogP contribution in [-0.4, -0.2) is 24.9 Å². The van der Waals surface area contributed by atoms with Gasteiger partial charge in [-0.3, -0.25) is 9.59 Å². The predicted molar refractivity (Wildman–Crippen MR) is 37.6 cm³/mol. The highest BCUT2D eigenvalue weighted by Crippen LogP contribution is 2.23. The van der Waals surface area contributed by atoms with Crippen LogP contribution in [0.15, 0.2) is 0 Å². The monoisotopic (exact) mass is 154 g/mol. The van der Waals surface area contributed by atoms with Crippen molar-refractivity contribution in [1.29, 1.82) is 0 Å². The number of piperidine rings is 1. The molecule has 4 heteroatoms. The Morgan fingerprint density at radius 3 is 2.55 bits per heavy atom. The van der Waals surface area contributed by atoms with E-state index >= 15 is 0 Å². The Labute approximate surface area is 64.3 Å². The molecule has 2 aliphatic heterocycles. The summed E-state index contributed by atoms with van der Waals surface area (Å²) in [4.78, 5) is 22.2. The summed E-state index contributed by atoms with van der Waals surface area (Å²) in [6.45, 7) is 1.17. The maximum absolute atomic E-state index is 11.1. The number of hydrogen-bond acceptors (Lipinski definition) is 2. The molecule has 11 heavy (non-hydrogen) atoms. The third-order valence-corrected chi connectivity index (χ3v) is 2.41. The van der Waals surface area contributed by atoms with E-state index in [0.717, 1.165) is 6.42 Å². The van der Waals surface area contributed by atoms with Crippen LogP contribution in [0.1, 0.15) is 6.42 Å². The van der Waals surface area contributed by atoms with E-state index in [1.54, 1.807) is 0 Å². The van der Waals surface area contributed by atoms with Crippen LogP contribution in [0.3, 0.4) is 0 Å². The third-order valence-electron chi connectivity index (χ3n) is 2.41. The average molecular weight is 154 g/mol. The smallest absolute Gasteiger partial charge is 0.225 e. The lowest BCUT2D eigenvalue weighted by Crippen LogP contribution is -2.42. The summed E-state index contributed by atoms with van der Waals surface area (Å²) >= 11 is 0. The summed E-state index contributed by atoms with van der Waals surface area (Å²) in [5, 5.41) is 5.44. The van der Waals surface area contributed by atoms with Crippen molar-refractivity contribution in [3.8, 4) is 0 Å². The first kappa shape index (κ1) is 6.64. The van der Waals surface area contributed by atoms with Gasteiger partial charge in [-0.1, -0.05) is 0 Å². The second kappa shape index (κ2) is 2.22. The van der Waals surface area contributed by atoms with E-state index in [4.69, 9.17) is 0 Å². The van der Waals surface area contributed by atoms with E-state index in [1.165, 1.54) is 0 Å². The lowest BCUT2D eigenvalue weighted by molar-refractivity contribution is -0.132. The van der Waals surface area contributed by atoms with Gasteiger partial charge in [0, 0.05) is 13.1 Å². The number of amides is 2. The van der Waals surface area contributed by atoms with Crippen molar-refractivity contribution in [3.05, 3.63) is 0 Å². The van der Waals surface area contributed by atoms with Gasteiger partial charge in [-0.2, -0.15) is 0 Å². The number of fused-ring (bicyclic) bond motifs is 1. The first-order valence-corrected chi connectivity index (χ1v) is 3.84. The van der Waals surface area contributed by atoms with E-state index in [-0.39, 0.29) is 23.7 Å². The Kier molecular flexibility index (Phi) is 1.34. The second-order valence-electron chi connectivity index (χ2n) is 3.04. The Bertz CT molecular complexity index is 214. The SMILES string of the molecule is O=C1NC[C@@H]2C(=O)NCC[C@H]12. The molecule has 0 aromatic rings. The van der Waals surface area contributed by atoms with Crippen LogP contribution in [0, 0.1) is 11.8 Å². The van der Waals surface area contributed by atoms with Crippen molar-refractivity contribution in [1.82, 2.24) is 10.6 Å². The normalized spacial score (nSPS) is 36.0. The first-order valence-electron chi connectivity index (χ1n) is 3.84. The molecule has 2 saturated heterocycles. The lowest BCUT2D eigenvalue weighted by Gasteiger charge is -2.21. The zero-order valence-corrected chi connectivity index (χ0v) is 6.09. The molecule has 0 aromatic carbocycles. The van der Waals surface area contributed by atoms with Gasteiger partial charge in [-0.25, -0.2) is 0 Å². The molecule has 0 radical (unpaired) electrons. The van der Waals surface area contributed by atoms with Crippen LogP contribution in [0.2, 0.25) is 0 Å². The predicted octanol–water partition coefficient (Wildman–Crippen LogP) is -1.13. The molecule has 2 aliphatic rings. The van der Waals surface area contributed by atoms with E-state index in [0.29, 0.717) is 13.1 Å². The molecule has 0 aromatic heterocycles. The molecule has 2 atom stereocenters. The zero-order valence-electron chi connectivity index (χ0n) is 6.09. The summed E-state index contributed by atoms with van der Waals surface area (Å²) in [6.07, 6.45) is 0.794. The molecule has 0 bridgehead atoms. The van der Waals surface area contributed by atoms with Crippen molar-refractivity contribution in [3.63, 3.8) is 0 Å². The Morgan fingerprint density at radius 1 is 1.09 bits per heavy atom. The second-order valence-corrected chi connectivity index (χ2v) is 3.04. The van der Waals surface area contributed by atoms with Crippen LogP contribution in [0.5, 0.6) is 0 Å². The molecule has 60 valence electrons.